The summed E-state index contributed by atoms with van der Waals surface area (Å²) in [5.41, 5.74) is 6.40. The van der Waals surface area contributed by atoms with Crippen molar-refractivity contribution < 1.29 is 14.4 Å². The van der Waals surface area contributed by atoms with Gasteiger partial charge in [-0.3, -0.25) is 14.5 Å². The Hall–Kier alpha value is -2.12. The molecule has 0 aromatic heterocycles. The smallest absolute Gasteiger partial charge is 0.252 e. The Morgan fingerprint density at radius 1 is 1.00 bits per heavy atom. The second kappa shape index (κ2) is 9.00. The summed E-state index contributed by atoms with van der Waals surface area (Å²) in [5.74, 6) is -0.193. The van der Waals surface area contributed by atoms with Crippen molar-refractivity contribution in [2.75, 3.05) is 38.0 Å². The molecule has 1 aromatic carbocycles. The Labute approximate surface area is 154 Å². The molecule has 2 aliphatic heterocycles. The van der Waals surface area contributed by atoms with Gasteiger partial charge in [-0.1, -0.05) is 12.8 Å². The molecule has 0 atom stereocenters. The van der Waals surface area contributed by atoms with E-state index in [0.717, 1.165) is 51.9 Å². The van der Waals surface area contributed by atoms with Crippen LogP contribution in [0.3, 0.4) is 0 Å². The zero-order valence-electron chi connectivity index (χ0n) is 15.2. The largest absolute Gasteiger partial charge is 0.405 e. The number of nitrogens with one attached hydrogen (secondary N) is 1. The quantitative estimate of drug-likeness (QED) is 0.810. The van der Waals surface area contributed by atoms with Gasteiger partial charge in [0.15, 0.2) is 5.75 Å². The first-order valence-corrected chi connectivity index (χ1v) is 9.51. The number of primary amides is 1. The highest BCUT2D eigenvalue weighted by molar-refractivity contribution is 5.97. The molecule has 2 amide bonds. The van der Waals surface area contributed by atoms with Gasteiger partial charge in [0.2, 0.25) is 5.91 Å². The molecule has 142 valence electrons. The molecular weight excluding hydrogens is 332 g/mol. The van der Waals surface area contributed by atoms with Crippen LogP contribution in [-0.4, -0.2) is 54.5 Å². The van der Waals surface area contributed by atoms with Gasteiger partial charge in [0.1, 0.15) is 0 Å². The van der Waals surface area contributed by atoms with Crippen molar-refractivity contribution in [3.8, 4) is 5.75 Å². The fourth-order valence-corrected chi connectivity index (χ4v) is 3.50. The summed E-state index contributed by atoms with van der Waals surface area (Å²) in [4.78, 5) is 32.1. The third-order valence-corrected chi connectivity index (χ3v) is 4.89. The molecule has 7 heteroatoms. The fraction of sp³-hybridized carbons (Fsp3) is 0.579. The Morgan fingerprint density at radius 2 is 1.65 bits per heavy atom. The highest BCUT2D eigenvalue weighted by Gasteiger charge is 2.18. The number of anilines is 1. The number of hydrogen-bond acceptors (Lipinski definition) is 5. The summed E-state index contributed by atoms with van der Waals surface area (Å²) in [6.07, 6.45) is 6.86. The van der Waals surface area contributed by atoms with E-state index in [0.29, 0.717) is 23.5 Å². The zero-order valence-corrected chi connectivity index (χ0v) is 15.2. The molecule has 0 aliphatic carbocycles. The molecule has 26 heavy (non-hydrogen) atoms. The predicted octanol–water partition coefficient (Wildman–Crippen LogP) is 1.99. The molecule has 1 aromatic rings. The van der Waals surface area contributed by atoms with Crippen LogP contribution in [0.5, 0.6) is 5.75 Å². The van der Waals surface area contributed by atoms with E-state index in [1.165, 1.54) is 12.8 Å². The summed E-state index contributed by atoms with van der Waals surface area (Å²) < 4.78 is 0. The van der Waals surface area contributed by atoms with Gasteiger partial charge < -0.3 is 15.9 Å². The van der Waals surface area contributed by atoms with Gasteiger partial charge in [0, 0.05) is 24.8 Å². The fourth-order valence-electron chi connectivity index (χ4n) is 3.50. The van der Waals surface area contributed by atoms with Crippen LogP contribution >= 0.6 is 0 Å². The maximum absolute atomic E-state index is 12.3. The first kappa shape index (κ1) is 18.7. The summed E-state index contributed by atoms with van der Waals surface area (Å²) in [6.45, 7) is 3.97. The minimum absolute atomic E-state index is 0.0531. The van der Waals surface area contributed by atoms with Crippen molar-refractivity contribution in [3.05, 3.63) is 23.8 Å². The van der Waals surface area contributed by atoms with E-state index in [2.05, 4.69) is 10.2 Å². The summed E-state index contributed by atoms with van der Waals surface area (Å²) >= 11 is 0. The zero-order chi connectivity index (χ0) is 18.4. The van der Waals surface area contributed by atoms with Crippen molar-refractivity contribution in [1.82, 2.24) is 9.96 Å². The van der Waals surface area contributed by atoms with Gasteiger partial charge >= 0.3 is 0 Å². The average molecular weight is 360 g/mol. The topological polar surface area (TPSA) is 87.9 Å². The highest BCUT2D eigenvalue weighted by Crippen LogP contribution is 2.25. The van der Waals surface area contributed by atoms with Crippen molar-refractivity contribution in [2.45, 2.75) is 38.5 Å². The molecule has 2 fully saturated rings. The standard InChI is InChI=1S/C19H28N4O3/c20-19(25)16-8-7-15(13-17(16)26-23-11-5-2-6-12-23)21-18(24)14-22-9-3-1-4-10-22/h7-8,13H,1-6,9-12,14H2,(H2,20,25)(H,21,24). The number of hydrogen-bond donors (Lipinski definition) is 2. The van der Waals surface area contributed by atoms with E-state index in [-0.39, 0.29) is 5.91 Å². The SMILES string of the molecule is NC(=O)c1ccc(NC(=O)CN2CCCCC2)cc1ON1CCCCC1. The third-order valence-electron chi connectivity index (χ3n) is 4.89. The Morgan fingerprint density at radius 3 is 2.31 bits per heavy atom. The summed E-state index contributed by atoms with van der Waals surface area (Å²) in [6, 6.07) is 4.98. The number of amides is 2. The number of likely N-dealkylation sites (tertiary alicyclic amines) is 1. The monoisotopic (exact) mass is 360 g/mol. The lowest BCUT2D eigenvalue weighted by atomic mass is 10.1. The lowest BCUT2D eigenvalue weighted by Gasteiger charge is -2.27. The van der Waals surface area contributed by atoms with Crippen LogP contribution in [0, 0.1) is 0 Å². The maximum Gasteiger partial charge on any atom is 0.252 e. The second-order valence-corrected chi connectivity index (χ2v) is 7.04. The van der Waals surface area contributed by atoms with E-state index >= 15 is 0 Å². The van der Waals surface area contributed by atoms with Crippen LogP contribution in [-0.2, 0) is 4.79 Å². The molecule has 7 nitrogen and oxygen atoms in total. The van der Waals surface area contributed by atoms with E-state index in [1.54, 1.807) is 18.2 Å². The first-order valence-electron chi connectivity index (χ1n) is 9.51. The number of benzene rings is 1. The number of nitrogens with two attached hydrogens (primary N) is 1. The summed E-state index contributed by atoms with van der Waals surface area (Å²) in [5, 5.41) is 4.75. The molecular formula is C19H28N4O3. The Bertz CT molecular complexity index is 638. The van der Waals surface area contributed by atoms with Crippen molar-refractivity contribution in [2.24, 2.45) is 5.73 Å². The highest BCUT2D eigenvalue weighted by atomic mass is 16.7. The molecule has 0 unspecified atom stereocenters. The number of hydroxylamine groups is 2. The molecule has 3 rings (SSSR count). The van der Waals surface area contributed by atoms with E-state index < -0.39 is 5.91 Å². The van der Waals surface area contributed by atoms with Gasteiger partial charge in [0.25, 0.3) is 5.91 Å². The van der Waals surface area contributed by atoms with Gasteiger partial charge in [-0.05, 0) is 50.9 Å². The molecule has 0 bridgehead atoms. The number of carbonyl (C=O) groups excluding carboxylic acids is 2. The second-order valence-electron chi connectivity index (χ2n) is 7.04. The molecule has 0 saturated carbocycles. The molecule has 0 radical (unpaired) electrons. The maximum atomic E-state index is 12.3. The van der Waals surface area contributed by atoms with Crippen molar-refractivity contribution in [1.29, 1.82) is 0 Å². The molecule has 0 spiro atoms. The molecule has 2 heterocycles. The van der Waals surface area contributed by atoms with Crippen LogP contribution in [0.4, 0.5) is 5.69 Å². The van der Waals surface area contributed by atoms with Crippen LogP contribution in [0.2, 0.25) is 0 Å². The van der Waals surface area contributed by atoms with E-state index in [4.69, 9.17) is 10.6 Å². The van der Waals surface area contributed by atoms with Crippen molar-refractivity contribution >= 4 is 17.5 Å². The van der Waals surface area contributed by atoms with Crippen LogP contribution in [0.1, 0.15) is 48.9 Å². The van der Waals surface area contributed by atoms with Gasteiger partial charge in [-0.2, -0.15) is 0 Å². The van der Waals surface area contributed by atoms with E-state index in [9.17, 15) is 9.59 Å². The Kier molecular flexibility index (Phi) is 6.46. The molecule has 2 saturated heterocycles. The minimum atomic E-state index is -0.539. The lowest BCUT2D eigenvalue weighted by molar-refractivity contribution is -0.117. The van der Waals surface area contributed by atoms with Gasteiger partial charge in [-0.15, -0.1) is 5.06 Å². The van der Waals surface area contributed by atoms with Gasteiger partial charge in [0.05, 0.1) is 12.1 Å². The Balaban J connectivity index is 1.65. The number of carbonyl (C=O) groups is 2. The number of nitrogens with zero attached hydrogens (tertiary/aromatic N) is 2. The third kappa shape index (κ3) is 5.19. The van der Waals surface area contributed by atoms with Crippen LogP contribution in [0.15, 0.2) is 18.2 Å². The molecule has 2 aliphatic rings. The van der Waals surface area contributed by atoms with E-state index in [1.807, 2.05) is 5.06 Å². The summed E-state index contributed by atoms with van der Waals surface area (Å²) in [7, 11) is 0. The number of piperidine rings is 2. The normalized spacial score (nSPS) is 19.1. The minimum Gasteiger partial charge on any atom is -0.405 e. The van der Waals surface area contributed by atoms with Crippen molar-refractivity contribution in [3.63, 3.8) is 0 Å². The number of rotatable bonds is 6. The van der Waals surface area contributed by atoms with Crippen LogP contribution < -0.4 is 15.9 Å². The average Bonchev–Trinajstić information content (AvgIpc) is 2.63. The molecule has 3 N–H and O–H groups in total. The lowest BCUT2D eigenvalue weighted by Crippen LogP contribution is -2.36. The first-order chi connectivity index (χ1) is 12.6. The predicted molar refractivity (Wildman–Crippen MR) is 99.9 cm³/mol. The van der Waals surface area contributed by atoms with Crippen LogP contribution in [0.25, 0.3) is 0 Å². The van der Waals surface area contributed by atoms with Gasteiger partial charge in [-0.25, -0.2) is 0 Å².